The molecular weight excluding hydrogens is 284 g/mol. The molecule has 0 unspecified atom stereocenters. The van der Waals surface area contributed by atoms with E-state index in [1.807, 2.05) is 36.4 Å². The molecule has 118 valence electrons. The van der Waals surface area contributed by atoms with Crippen LogP contribution in [-0.4, -0.2) is 16.5 Å². The first-order chi connectivity index (χ1) is 11.4. The lowest BCUT2D eigenvalue weighted by Crippen LogP contribution is -2.08. The number of aromatic nitrogens is 2. The monoisotopic (exact) mass is 306 g/mol. The molecule has 0 aliphatic carbocycles. The summed E-state index contributed by atoms with van der Waals surface area (Å²) in [7, 11) is 0. The summed E-state index contributed by atoms with van der Waals surface area (Å²) in [6.07, 6.45) is 2.27. The first-order valence-corrected chi connectivity index (χ1v) is 8.15. The Bertz CT molecular complexity index is 756. The highest BCUT2D eigenvalue weighted by Gasteiger charge is 2.07. The highest BCUT2D eigenvalue weighted by molar-refractivity contribution is 5.89. The molecule has 0 saturated carbocycles. The fourth-order valence-corrected chi connectivity index (χ4v) is 2.45. The van der Waals surface area contributed by atoms with Crippen LogP contribution >= 0.6 is 0 Å². The highest BCUT2D eigenvalue weighted by atomic mass is 15.1. The third-order valence-corrected chi connectivity index (χ3v) is 3.72. The second-order valence-electron chi connectivity index (χ2n) is 5.53. The molecule has 4 nitrogen and oxygen atoms in total. The Morgan fingerprint density at radius 2 is 1.65 bits per heavy atom. The van der Waals surface area contributed by atoms with E-state index in [1.165, 1.54) is 5.56 Å². The maximum atomic E-state index is 4.65. The average Bonchev–Trinajstić information content (AvgIpc) is 2.61. The van der Waals surface area contributed by atoms with Crippen molar-refractivity contribution in [3.8, 4) is 0 Å². The van der Waals surface area contributed by atoms with E-state index in [0.717, 1.165) is 42.7 Å². The number of nitrogens with one attached hydrogen (secondary N) is 2. The molecule has 0 saturated heterocycles. The van der Waals surface area contributed by atoms with Gasteiger partial charge in [0.1, 0.15) is 5.82 Å². The van der Waals surface area contributed by atoms with Crippen LogP contribution in [0.4, 0.5) is 11.8 Å². The molecule has 0 atom stereocenters. The maximum Gasteiger partial charge on any atom is 0.225 e. The third-order valence-electron chi connectivity index (χ3n) is 3.72. The van der Waals surface area contributed by atoms with Gasteiger partial charge in [0, 0.05) is 18.5 Å². The molecule has 0 amide bonds. The Labute approximate surface area is 137 Å². The van der Waals surface area contributed by atoms with Crippen molar-refractivity contribution < 1.29 is 0 Å². The van der Waals surface area contributed by atoms with Gasteiger partial charge in [-0.05, 0) is 24.1 Å². The Morgan fingerprint density at radius 3 is 2.48 bits per heavy atom. The standard InChI is InChI=1S/C19H22N4/c1-2-3-13-20-19-22-17-12-8-7-11-16(17)18(23-19)21-14-15-9-5-4-6-10-15/h4-12H,2-3,13-14H2,1H3,(H2,20,21,22,23). The van der Waals surface area contributed by atoms with Crippen LogP contribution in [0.15, 0.2) is 54.6 Å². The lowest BCUT2D eigenvalue weighted by molar-refractivity contribution is 0.827. The van der Waals surface area contributed by atoms with Crippen LogP contribution in [0.2, 0.25) is 0 Å². The number of hydrogen-bond donors (Lipinski definition) is 2. The van der Waals surface area contributed by atoms with Crippen LogP contribution < -0.4 is 10.6 Å². The average molecular weight is 306 g/mol. The van der Waals surface area contributed by atoms with Gasteiger partial charge in [0.15, 0.2) is 0 Å². The maximum absolute atomic E-state index is 4.65. The first kappa shape index (κ1) is 15.3. The van der Waals surface area contributed by atoms with Crippen molar-refractivity contribution >= 4 is 22.7 Å². The van der Waals surface area contributed by atoms with Crippen molar-refractivity contribution in [3.63, 3.8) is 0 Å². The second-order valence-corrected chi connectivity index (χ2v) is 5.53. The number of para-hydroxylation sites is 1. The summed E-state index contributed by atoms with van der Waals surface area (Å²) < 4.78 is 0. The van der Waals surface area contributed by atoms with E-state index in [1.54, 1.807) is 0 Å². The van der Waals surface area contributed by atoms with Crippen molar-refractivity contribution in [3.05, 3.63) is 60.2 Å². The number of nitrogens with zero attached hydrogens (tertiary/aromatic N) is 2. The number of unbranched alkanes of at least 4 members (excludes halogenated alkanes) is 1. The van der Waals surface area contributed by atoms with E-state index in [4.69, 9.17) is 0 Å². The fraction of sp³-hybridized carbons (Fsp3) is 0.263. The lowest BCUT2D eigenvalue weighted by Gasteiger charge is -2.12. The van der Waals surface area contributed by atoms with Crippen molar-refractivity contribution in [1.82, 2.24) is 9.97 Å². The molecule has 0 aliphatic heterocycles. The molecule has 3 rings (SSSR count). The zero-order chi connectivity index (χ0) is 15.9. The summed E-state index contributed by atoms with van der Waals surface area (Å²) in [6, 6.07) is 18.4. The predicted octanol–water partition coefficient (Wildman–Crippen LogP) is 4.45. The minimum absolute atomic E-state index is 0.688. The van der Waals surface area contributed by atoms with Gasteiger partial charge in [-0.1, -0.05) is 55.8 Å². The van der Waals surface area contributed by atoms with Gasteiger partial charge >= 0.3 is 0 Å². The van der Waals surface area contributed by atoms with E-state index in [0.29, 0.717) is 5.95 Å². The van der Waals surface area contributed by atoms with Crippen LogP contribution in [0.3, 0.4) is 0 Å². The van der Waals surface area contributed by atoms with Crippen LogP contribution in [0.25, 0.3) is 10.9 Å². The van der Waals surface area contributed by atoms with Gasteiger partial charge in [-0.3, -0.25) is 0 Å². The zero-order valence-electron chi connectivity index (χ0n) is 13.4. The van der Waals surface area contributed by atoms with Gasteiger partial charge < -0.3 is 10.6 Å². The molecule has 0 radical (unpaired) electrons. The summed E-state index contributed by atoms with van der Waals surface area (Å²) in [6.45, 7) is 3.82. The van der Waals surface area contributed by atoms with E-state index in [2.05, 4.69) is 45.7 Å². The van der Waals surface area contributed by atoms with Crippen molar-refractivity contribution in [2.45, 2.75) is 26.3 Å². The van der Waals surface area contributed by atoms with Gasteiger partial charge in [-0.2, -0.15) is 4.98 Å². The molecule has 2 aromatic carbocycles. The second kappa shape index (κ2) is 7.58. The van der Waals surface area contributed by atoms with E-state index < -0.39 is 0 Å². The minimum atomic E-state index is 0.688. The Kier molecular flexibility index (Phi) is 5.04. The van der Waals surface area contributed by atoms with E-state index in [-0.39, 0.29) is 0 Å². The number of hydrogen-bond acceptors (Lipinski definition) is 4. The van der Waals surface area contributed by atoms with Crippen molar-refractivity contribution in [2.75, 3.05) is 17.2 Å². The Hall–Kier alpha value is -2.62. The summed E-state index contributed by atoms with van der Waals surface area (Å²) in [5, 5.41) is 7.80. The first-order valence-electron chi connectivity index (χ1n) is 8.15. The fourth-order valence-electron chi connectivity index (χ4n) is 2.45. The molecular formula is C19H22N4. The summed E-state index contributed by atoms with van der Waals surface area (Å²) in [5.41, 5.74) is 2.19. The molecule has 23 heavy (non-hydrogen) atoms. The molecule has 4 heteroatoms. The van der Waals surface area contributed by atoms with Gasteiger partial charge in [0.25, 0.3) is 0 Å². The molecule has 0 bridgehead atoms. The predicted molar refractivity (Wildman–Crippen MR) is 96.7 cm³/mol. The minimum Gasteiger partial charge on any atom is -0.365 e. The zero-order valence-corrected chi connectivity index (χ0v) is 13.4. The molecule has 0 fully saturated rings. The number of fused-ring (bicyclic) bond motifs is 1. The molecule has 2 N–H and O–H groups in total. The van der Waals surface area contributed by atoms with Gasteiger partial charge in [-0.25, -0.2) is 4.98 Å². The SMILES string of the molecule is CCCCNc1nc(NCc2ccccc2)c2ccccc2n1. The number of rotatable bonds is 7. The summed E-state index contributed by atoms with van der Waals surface area (Å²) in [5.74, 6) is 1.56. The van der Waals surface area contributed by atoms with Crippen LogP contribution in [0, 0.1) is 0 Å². The highest BCUT2D eigenvalue weighted by Crippen LogP contribution is 2.22. The normalized spacial score (nSPS) is 10.7. The Balaban J connectivity index is 1.84. The molecule has 1 heterocycles. The van der Waals surface area contributed by atoms with Crippen molar-refractivity contribution in [2.24, 2.45) is 0 Å². The van der Waals surface area contributed by atoms with Crippen LogP contribution in [-0.2, 0) is 6.54 Å². The topological polar surface area (TPSA) is 49.8 Å². The number of benzene rings is 2. The van der Waals surface area contributed by atoms with E-state index >= 15 is 0 Å². The number of anilines is 2. The summed E-state index contributed by atoms with van der Waals surface area (Å²) >= 11 is 0. The van der Waals surface area contributed by atoms with Gasteiger partial charge in [0.05, 0.1) is 5.52 Å². The molecule has 0 spiro atoms. The lowest BCUT2D eigenvalue weighted by atomic mass is 10.2. The van der Waals surface area contributed by atoms with Crippen molar-refractivity contribution in [1.29, 1.82) is 0 Å². The third kappa shape index (κ3) is 3.97. The molecule has 3 aromatic rings. The molecule has 1 aromatic heterocycles. The van der Waals surface area contributed by atoms with E-state index in [9.17, 15) is 0 Å². The van der Waals surface area contributed by atoms with Gasteiger partial charge in [-0.15, -0.1) is 0 Å². The van der Waals surface area contributed by atoms with Crippen LogP contribution in [0.5, 0.6) is 0 Å². The Morgan fingerprint density at radius 1 is 0.870 bits per heavy atom. The quantitative estimate of drug-likeness (QED) is 0.633. The largest absolute Gasteiger partial charge is 0.365 e. The van der Waals surface area contributed by atoms with Crippen LogP contribution in [0.1, 0.15) is 25.3 Å². The molecule has 0 aliphatic rings. The van der Waals surface area contributed by atoms with Gasteiger partial charge in [0.2, 0.25) is 5.95 Å². The summed E-state index contributed by atoms with van der Waals surface area (Å²) in [4.78, 5) is 9.25. The smallest absolute Gasteiger partial charge is 0.225 e.